The molecule has 0 bridgehead atoms. The maximum absolute atomic E-state index is 16.0. The van der Waals surface area contributed by atoms with Crippen LogP contribution in [0.25, 0.3) is 5.57 Å². The van der Waals surface area contributed by atoms with Gasteiger partial charge in [-0.3, -0.25) is 0 Å². The van der Waals surface area contributed by atoms with Crippen molar-refractivity contribution >= 4 is 32.8 Å². The predicted octanol–water partition coefficient (Wildman–Crippen LogP) is 6.56. The van der Waals surface area contributed by atoms with Crippen LogP contribution in [0.15, 0.2) is 51.8 Å². The molecule has 10 heteroatoms. The van der Waals surface area contributed by atoms with Crippen molar-refractivity contribution in [2.75, 3.05) is 31.1 Å². The third kappa shape index (κ3) is 5.03. The van der Waals surface area contributed by atoms with Gasteiger partial charge in [0.1, 0.15) is 24.5 Å². The van der Waals surface area contributed by atoms with Crippen LogP contribution < -0.4 is 4.90 Å². The van der Waals surface area contributed by atoms with Crippen LogP contribution in [0.4, 0.5) is 18.9 Å². The molecule has 0 radical (unpaired) electrons. The van der Waals surface area contributed by atoms with E-state index in [4.69, 9.17) is 0 Å². The number of anilines is 1. The number of fused-ring (bicyclic) bond motifs is 2. The van der Waals surface area contributed by atoms with Crippen molar-refractivity contribution in [1.82, 2.24) is 0 Å². The molecule has 0 saturated carbocycles. The summed E-state index contributed by atoms with van der Waals surface area (Å²) in [6.07, 6.45) is 13.0. The van der Waals surface area contributed by atoms with E-state index < -0.39 is 49.9 Å². The number of allylic oxidation sites excluding steroid dienone is 4. The van der Waals surface area contributed by atoms with E-state index in [1.807, 2.05) is 0 Å². The highest BCUT2D eigenvalue weighted by atomic mass is 32.2. The van der Waals surface area contributed by atoms with Crippen LogP contribution in [0.1, 0.15) is 78.4 Å². The van der Waals surface area contributed by atoms with Gasteiger partial charge in [-0.05, 0) is 50.8 Å². The fraction of sp³-hybridized carbons (Fsp3) is 0.394. The standard InChI is InChI=1S/C33H33F3N2O4S/c1-20-30(34)28(29(33(39)40)32(36)31(20)35)27-23-12-10-21(37-14-6-2-3-7-15-37)18-25(23)43(41,42)26-19-22(11-13-24(26)27)38-16-8-4-5-9-17-38/h10-13,18-19H,2-9,14-17H2,1H3/p+1. The lowest BCUT2D eigenvalue weighted by atomic mass is 9.85. The molecule has 0 aromatic heterocycles. The van der Waals surface area contributed by atoms with Gasteiger partial charge in [0.15, 0.2) is 11.6 Å². The molecule has 0 unspecified atom stereocenters. The summed E-state index contributed by atoms with van der Waals surface area (Å²) in [7, 11) is -4.17. The first-order valence-electron chi connectivity index (χ1n) is 14.9. The molecule has 3 heterocycles. The molecule has 4 aliphatic rings. The number of nitrogens with zero attached hydrogens (tertiary/aromatic N) is 2. The fourth-order valence-electron chi connectivity index (χ4n) is 6.68. The summed E-state index contributed by atoms with van der Waals surface area (Å²) >= 11 is 0. The highest BCUT2D eigenvalue weighted by Crippen LogP contribution is 2.48. The molecule has 2 saturated heterocycles. The fourth-order valence-corrected chi connectivity index (χ4v) is 8.39. The summed E-state index contributed by atoms with van der Waals surface area (Å²) in [5, 5.41) is 9.98. The van der Waals surface area contributed by atoms with Gasteiger partial charge < -0.3 is 10.0 Å². The third-order valence-electron chi connectivity index (χ3n) is 8.99. The second-order valence-corrected chi connectivity index (χ2v) is 13.6. The Morgan fingerprint density at radius 2 is 1.53 bits per heavy atom. The second kappa shape index (κ2) is 11.4. The lowest BCUT2D eigenvalue weighted by molar-refractivity contribution is -0.524. The van der Waals surface area contributed by atoms with Gasteiger partial charge in [0.05, 0.1) is 9.80 Å². The molecule has 2 aromatic rings. The minimum absolute atomic E-state index is 0.0559. The monoisotopic (exact) mass is 611 g/mol. The number of benzene rings is 2. The Hall–Kier alpha value is -3.66. The number of hydrogen-bond acceptors (Lipinski definition) is 4. The van der Waals surface area contributed by atoms with Crippen LogP contribution in [-0.4, -0.2) is 56.0 Å². The molecule has 2 aromatic carbocycles. The van der Waals surface area contributed by atoms with E-state index in [1.165, 1.54) is 12.1 Å². The average Bonchev–Trinajstić information content (AvgIpc) is 3.44. The van der Waals surface area contributed by atoms with Crippen molar-refractivity contribution in [3.05, 3.63) is 86.6 Å². The molecule has 1 N–H and O–H groups in total. The Balaban J connectivity index is 1.67. The van der Waals surface area contributed by atoms with Gasteiger partial charge in [-0.2, -0.15) is 0 Å². The summed E-state index contributed by atoms with van der Waals surface area (Å²) < 4.78 is 76.8. The Morgan fingerprint density at radius 1 is 0.884 bits per heavy atom. The van der Waals surface area contributed by atoms with Gasteiger partial charge in [-0.25, -0.2) is 31.0 Å². The number of hydrogen-bond donors (Lipinski definition) is 1. The van der Waals surface area contributed by atoms with Gasteiger partial charge in [-0.15, -0.1) is 0 Å². The lowest BCUT2D eigenvalue weighted by Gasteiger charge is -2.30. The number of rotatable bonds is 3. The molecule has 0 spiro atoms. The summed E-state index contributed by atoms with van der Waals surface area (Å²) in [5.41, 5.74) is -1.09. The van der Waals surface area contributed by atoms with Crippen molar-refractivity contribution in [3.8, 4) is 0 Å². The maximum atomic E-state index is 16.0. The Kier molecular flexibility index (Phi) is 7.83. The highest BCUT2D eigenvalue weighted by Gasteiger charge is 2.41. The van der Waals surface area contributed by atoms with E-state index >= 15 is 8.78 Å². The molecular weight excluding hydrogens is 577 g/mol. The molecule has 1 aliphatic carbocycles. The summed E-state index contributed by atoms with van der Waals surface area (Å²) in [5.74, 6) is -6.36. The molecule has 6 nitrogen and oxygen atoms in total. The van der Waals surface area contributed by atoms with E-state index in [-0.39, 0.29) is 26.5 Å². The van der Waals surface area contributed by atoms with Crippen LogP contribution >= 0.6 is 0 Å². The number of carboxylic acids is 1. The van der Waals surface area contributed by atoms with Crippen molar-refractivity contribution < 1.29 is 36.1 Å². The summed E-state index contributed by atoms with van der Waals surface area (Å²) in [6, 6.07) is 4.83. The Morgan fingerprint density at radius 3 is 2.19 bits per heavy atom. The zero-order chi connectivity index (χ0) is 30.5. The summed E-state index contributed by atoms with van der Waals surface area (Å²) in [4.78, 5) is 14.2. The number of carboxylic acid groups (broad SMARTS) is 1. The van der Waals surface area contributed by atoms with Crippen LogP contribution in [-0.2, 0) is 9.84 Å². The minimum atomic E-state index is -4.17. The van der Waals surface area contributed by atoms with E-state index in [2.05, 4.69) is 9.48 Å². The number of aromatic carboxylic acids is 1. The first-order valence-corrected chi connectivity index (χ1v) is 16.4. The minimum Gasteiger partial charge on any atom is -0.478 e. The van der Waals surface area contributed by atoms with Gasteiger partial charge in [0, 0.05) is 71.6 Å². The van der Waals surface area contributed by atoms with Crippen molar-refractivity contribution in [3.63, 3.8) is 0 Å². The van der Waals surface area contributed by atoms with E-state index in [1.54, 1.807) is 24.3 Å². The number of halogens is 3. The molecule has 0 amide bonds. The van der Waals surface area contributed by atoms with Crippen molar-refractivity contribution in [2.24, 2.45) is 0 Å². The first kappa shape index (κ1) is 29.4. The molecule has 43 heavy (non-hydrogen) atoms. The van der Waals surface area contributed by atoms with Crippen molar-refractivity contribution in [1.29, 1.82) is 0 Å². The van der Waals surface area contributed by atoms with E-state index in [9.17, 15) is 22.7 Å². The SMILES string of the molecule is Cc1c(F)c(F)c(C(=O)O)c(C2=C3C=CC(=[N+]4CCCCCC4)C=C3S(=O)(=O)c3cc(N4CCCCCC4)ccc32)c1F. The normalized spacial score (nSPS) is 20.3. The van der Waals surface area contributed by atoms with E-state index in [0.29, 0.717) is 11.4 Å². The van der Waals surface area contributed by atoms with Crippen LogP contribution in [0.3, 0.4) is 0 Å². The quantitative estimate of drug-likeness (QED) is 0.314. The molecule has 3 aliphatic heterocycles. The van der Waals surface area contributed by atoms with Gasteiger partial charge >= 0.3 is 5.97 Å². The molecule has 2 fully saturated rings. The third-order valence-corrected chi connectivity index (χ3v) is 10.8. The van der Waals surface area contributed by atoms with Crippen LogP contribution in [0, 0.1) is 24.4 Å². The van der Waals surface area contributed by atoms with E-state index in [0.717, 1.165) is 84.5 Å². The smallest absolute Gasteiger partial charge is 0.339 e. The molecule has 226 valence electrons. The summed E-state index contributed by atoms with van der Waals surface area (Å²) in [6.45, 7) is 4.06. The topological polar surface area (TPSA) is 77.7 Å². The Labute approximate surface area is 249 Å². The maximum Gasteiger partial charge on any atom is 0.339 e. The van der Waals surface area contributed by atoms with Gasteiger partial charge in [0.2, 0.25) is 15.5 Å². The first-order chi connectivity index (χ1) is 20.6. The lowest BCUT2D eigenvalue weighted by Crippen LogP contribution is -2.27. The van der Waals surface area contributed by atoms with Crippen LogP contribution in [0.2, 0.25) is 0 Å². The predicted molar refractivity (Wildman–Crippen MR) is 159 cm³/mol. The van der Waals surface area contributed by atoms with Crippen LogP contribution in [0.5, 0.6) is 0 Å². The van der Waals surface area contributed by atoms with Gasteiger partial charge in [0.25, 0.3) is 0 Å². The Bertz CT molecular complexity index is 1750. The average molecular weight is 612 g/mol. The number of carbonyl (C=O) groups is 1. The van der Waals surface area contributed by atoms with Crippen molar-refractivity contribution in [2.45, 2.75) is 63.2 Å². The van der Waals surface area contributed by atoms with Gasteiger partial charge in [-0.1, -0.05) is 18.9 Å². The molecular formula is C33H34F3N2O4S+. The zero-order valence-electron chi connectivity index (χ0n) is 24.1. The second-order valence-electron chi connectivity index (χ2n) is 11.7. The molecule has 0 atom stereocenters. The molecule has 6 rings (SSSR count). The zero-order valence-corrected chi connectivity index (χ0v) is 24.9. The largest absolute Gasteiger partial charge is 0.478 e. The number of sulfone groups is 1. The highest BCUT2D eigenvalue weighted by molar-refractivity contribution is 7.95.